The molecule has 28 heavy (non-hydrogen) atoms. The molecular formula is C23H26N2O3. The SMILES string of the molecule is O=C(Cc1ccccc1)NC1CC2CCC(C1)N2Cc1ccc2c(c1)OCO2. The van der Waals surface area contributed by atoms with Crippen molar-refractivity contribution < 1.29 is 14.3 Å². The van der Waals surface area contributed by atoms with E-state index in [2.05, 4.69) is 22.3 Å². The van der Waals surface area contributed by atoms with Crippen LogP contribution in [0.3, 0.4) is 0 Å². The van der Waals surface area contributed by atoms with Crippen molar-refractivity contribution in [1.82, 2.24) is 10.2 Å². The lowest BCUT2D eigenvalue weighted by atomic mass is 9.96. The number of hydrogen-bond acceptors (Lipinski definition) is 4. The molecule has 3 aliphatic rings. The van der Waals surface area contributed by atoms with Crippen molar-refractivity contribution in [2.24, 2.45) is 0 Å². The molecule has 5 rings (SSSR count). The molecule has 3 heterocycles. The van der Waals surface area contributed by atoms with E-state index in [1.165, 1.54) is 18.4 Å². The molecule has 2 saturated heterocycles. The third-order valence-electron chi connectivity index (χ3n) is 6.26. The summed E-state index contributed by atoms with van der Waals surface area (Å²) in [6, 6.07) is 17.6. The Morgan fingerprint density at radius 3 is 2.50 bits per heavy atom. The average Bonchev–Trinajstić information content (AvgIpc) is 3.24. The zero-order valence-electron chi connectivity index (χ0n) is 16.0. The first-order valence-electron chi connectivity index (χ1n) is 10.2. The summed E-state index contributed by atoms with van der Waals surface area (Å²) in [7, 11) is 0. The molecule has 1 amide bonds. The molecule has 0 aromatic heterocycles. The number of ether oxygens (including phenoxy) is 2. The summed E-state index contributed by atoms with van der Waals surface area (Å²) < 4.78 is 10.9. The van der Waals surface area contributed by atoms with Crippen LogP contribution in [0.2, 0.25) is 0 Å². The van der Waals surface area contributed by atoms with Crippen LogP contribution < -0.4 is 14.8 Å². The topological polar surface area (TPSA) is 50.8 Å². The van der Waals surface area contributed by atoms with Gasteiger partial charge in [0.2, 0.25) is 12.7 Å². The van der Waals surface area contributed by atoms with E-state index in [1.54, 1.807) is 0 Å². The van der Waals surface area contributed by atoms with Gasteiger partial charge in [0.15, 0.2) is 11.5 Å². The van der Waals surface area contributed by atoms with Gasteiger partial charge in [0.05, 0.1) is 6.42 Å². The van der Waals surface area contributed by atoms with Crippen LogP contribution in [0.4, 0.5) is 0 Å². The summed E-state index contributed by atoms with van der Waals surface area (Å²) in [5.41, 5.74) is 2.34. The van der Waals surface area contributed by atoms with Crippen molar-refractivity contribution in [3.63, 3.8) is 0 Å². The van der Waals surface area contributed by atoms with Crippen molar-refractivity contribution in [3.05, 3.63) is 59.7 Å². The second kappa shape index (κ2) is 7.47. The standard InChI is InChI=1S/C23H26N2O3/c26-23(11-16-4-2-1-3-5-16)24-18-12-19-7-8-20(13-18)25(19)14-17-6-9-21-22(10-17)28-15-27-21/h1-6,9-10,18-20H,7-8,11-15H2,(H,24,26). The molecule has 0 radical (unpaired) electrons. The van der Waals surface area contributed by atoms with Gasteiger partial charge >= 0.3 is 0 Å². The Labute approximate surface area is 165 Å². The first-order valence-corrected chi connectivity index (χ1v) is 10.2. The zero-order valence-corrected chi connectivity index (χ0v) is 16.0. The maximum atomic E-state index is 12.4. The van der Waals surface area contributed by atoms with E-state index in [1.807, 2.05) is 36.4 Å². The lowest BCUT2D eigenvalue weighted by molar-refractivity contribution is -0.121. The third kappa shape index (κ3) is 3.59. The molecular weight excluding hydrogens is 352 g/mol. The highest BCUT2D eigenvalue weighted by molar-refractivity contribution is 5.78. The van der Waals surface area contributed by atoms with Gasteiger partial charge in [-0.2, -0.15) is 0 Å². The molecule has 2 atom stereocenters. The van der Waals surface area contributed by atoms with Crippen LogP contribution in [-0.4, -0.2) is 35.7 Å². The van der Waals surface area contributed by atoms with Crippen molar-refractivity contribution in [2.45, 2.75) is 56.8 Å². The molecule has 2 aromatic rings. The highest BCUT2D eigenvalue weighted by Crippen LogP contribution is 2.38. The zero-order chi connectivity index (χ0) is 18.9. The molecule has 2 bridgehead atoms. The first kappa shape index (κ1) is 17.6. The molecule has 3 aliphatic heterocycles. The number of fused-ring (bicyclic) bond motifs is 3. The molecule has 5 heteroatoms. The van der Waals surface area contributed by atoms with E-state index in [0.29, 0.717) is 31.3 Å². The minimum absolute atomic E-state index is 0.139. The predicted octanol–water partition coefficient (Wildman–Crippen LogP) is 3.27. The van der Waals surface area contributed by atoms with Gasteiger partial charge in [0, 0.05) is 24.7 Å². The van der Waals surface area contributed by atoms with Gasteiger partial charge in [-0.25, -0.2) is 0 Å². The molecule has 146 valence electrons. The minimum atomic E-state index is 0.139. The summed E-state index contributed by atoms with van der Waals surface area (Å²) in [4.78, 5) is 15.1. The molecule has 1 N–H and O–H groups in total. The summed E-state index contributed by atoms with van der Waals surface area (Å²) in [5, 5.41) is 3.28. The summed E-state index contributed by atoms with van der Waals surface area (Å²) in [6.45, 7) is 1.26. The Balaban J connectivity index is 1.19. The largest absolute Gasteiger partial charge is 0.454 e. The summed E-state index contributed by atoms with van der Waals surface area (Å²) >= 11 is 0. The molecule has 0 aliphatic carbocycles. The van der Waals surface area contributed by atoms with Crippen molar-refractivity contribution in [1.29, 1.82) is 0 Å². The fourth-order valence-corrected chi connectivity index (χ4v) is 4.96. The maximum Gasteiger partial charge on any atom is 0.231 e. The fraction of sp³-hybridized carbons (Fsp3) is 0.435. The number of piperidine rings is 1. The van der Waals surface area contributed by atoms with E-state index in [-0.39, 0.29) is 5.91 Å². The number of hydrogen-bond donors (Lipinski definition) is 1. The average molecular weight is 378 g/mol. The second-order valence-electron chi connectivity index (χ2n) is 8.14. The van der Waals surface area contributed by atoms with E-state index in [4.69, 9.17) is 9.47 Å². The molecule has 2 unspecified atom stereocenters. The first-order chi connectivity index (χ1) is 13.7. The predicted molar refractivity (Wildman–Crippen MR) is 106 cm³/mol. The van der Waals surface area contributed by atoms with Gasteiger partial charge in [-0.1, -0.05) is 36.4 Å². The van der Waals surface area contributed by atoms with Crippen LogP contribution >= 0.6 is 0 Å². The lowest BCUT2D eigenvalue weighted by Gasteiger charge is -2.39. The van der Waals surface area contributed by atoms with Crippen molar-refractivity contribution >= 4 is 5.91 Å². The van der Waals surface area contributed by atoms with Gasteiger partial charge in [0.1, 0.15) is 0 Å². The number of rotatable bonds is 5. The minimum Gasteiger partial charge on any atom is -0.454 e. The number of nitrogens with one attached hydrogen (secondary N) is 1. The third-order valence-corrected chi connectivity index (χ3v) is 6.26. The smallest absolute Gasteiger partial charge is 0.231 e. The Bertz CT molecular complexity index is 840. The van der Waals surface area contributed by atoms with Crippen LogP contribution in [0, 0.1) is 0 Å². The lowest BCUT2D eigenvalue weighted by Crippen LogP contribution is -2.50. The Morgan fingerprint density at radius 2 is 1.71 bits per heavy atom. The number of nitrogens with zero attached hydrogens (tertiary/aromatic N) is 1. The highest BCUT2D eigenvalue weighted by Gasteiger charge is 2.41. The number of amides is 1. The molecule has 5 nitrogen and oxygen atoms in total. The van der Waals surface area contributed by atoms with Gasteiger partial charge in [0.25, 0.3) is 0 Å². The normalized spacial score (nSPS) is 25.6. The maximum absolute atomic E-state index is 12.4. The Hall–Kier alpha value is -2.53. The van der Waals surface area contributed by atoms with Crippen LogP contribution in [0.5, 0.6) is 11.5 Å². The monoisotopic (exact) mass is 378 g/mol. The van der Waals surface area contributed by atoms with Crippen molar-refractivity contribution in [3.8, 4) is 11.5 Å². The molecule has 0 spiro atoms. The quantitative estimate of drug-likeness (QED) is 0.868. The second-order valence-corrected chi connectivity index (χ2v) is 8.14. The molecule has 2 aromatic carbocycles. The Kier molecular flexibility index (Phi) is 4.69. The van der Waals surface area contributed by atoms with Gasteiger partial charge in [-0.15, -0.1) is 0 Å². The number of benzene rings is 2. The number of carbonyl (C=O) groups is 1. The van der Waals surface area contributed by atoms with Gasteiger partial charge in [-0.3, -0.25) is 9.69 Å². The van der Waals surface area contributed by atoms with E-state index in [0.717, 1.165) is 36.4 Å². The molecule has 2 fully saturated rings. The number of carbonyl (C=O) groups excluding carboxylic acids is 1. The van der Waals surface area contributed by atoms with E-state index < -0.39 is 0 Å². The van der Waals surface area contributed by atoms with Crippen molar-refractivity contribution in [2.75, 3.05) is 6.79 Å². The highest BCUT2D eigenvalue weighted by atomic mass is 16.7. The van der Waals surface area contributed by atoms with Crippen LogP contribution in [0.15, 0.2) is 48.5 Å². The van der Waals surface area contributed by atoms with Crippen LogP contribution in [-0.2, 0) is 17.8 Å². The Morgan fingerprint density at radius 1 is 0.964 bits per heavy atom. The van der Waals surface area contributed by atoms with Gasteiger partial charge in [-0.05, 0) is 48.9 Å². The van der Waals surface area contributed by atoms with E-state index >= 15 is 0 Å². The van der Waals surface area contributed by atoms with Crippen LogP contribution in [0.25, 0.3) is 0 Å². The van der Waals surface area contributed by atoms with E-state index in [9.17, 15) is 4.79 Å². The summed E-state index contributed by atoms with van der Waals surface area (Å²) in [5.74, 6) is 1.83. The summed E-state index contributed by atoms with van der Waals surface area (Å²) in [6.07, 6.45) is 5.00. The fourth-order valence-electron chi connectivity index (χ4n) is 4.96. The molecule has 0 saturated carbocycles. The van der Waals surface area contributed by atoms with Gasteiger partial charge < -0.3 is 14.8 Å². The van der Waals surface area contributed by atoms with Crippen LogP contribution in [0.1, 0.15) is 36.8 Å².